The van der Waals surface area contributed by atoms with Gasteiger partial charge in [0.2, 0.25) is 0 Å². The van der Waals surface area contributed by atoms with Crippen molar-refractivity contribution in [3.63, 3.8) is 0 Å². The number of allylic oxidation sites excluding steroid dienone is 1. The molecule has 1 aromatic rings. The standard InChI is InChI=1S/C34H50O7/c1-31(2,3)29(37)39-17-13-11-12-16-33(7,8)22-19-25(40-30(38)32(4,5)6)27-23-18-21(28(35)36)14-15-24(23)34(9,10)41-26(27)20-22/h14,19-20,23-24H,11-13,15-18H2,1-10H3,(H,35,36)/t23-,24-/m1/s1. The molecule has 7 nitrogen and oxygen atoms in total. The summed E-state index contributed by atoms with van der Waals surface area (Å²) in [6, 6.07) is 4.02. The Hall–Kier alpha value is -2.83. The van der Waals surface area contributed by atoms with Gasteiger partial charge in [0, 0.05) is 23.0 Å². The third-order valence-corrected chi connectivity index (χ3v) is 8.45. The first-order valence-corrected chi connectivity index (χ1v) is 14.9. The number of hydrogen-bond donors (Lipinski definition) is 1. The lowest BCUT2D eigenvalue weighted by Crippen LogP contribution is -2.46. The molecule has 0 amide bonds. The molecule has 0 saturated carbocycles. The SMILES string of the molecule is CC(C)(C)C(=O)OCCCCCC(C)(C)c1cc(OC(=O)C(C)(C)C)c2c(c1)OC(C)(C)[C@@H]1CC=C(C(=O)O)C[C@@H]21. The van der Waals surface area contributed by atoms with Crippen LogP contribution in [0.25, 0.3) is 0 Å². The minimum atomic E-state index is -0.909. The van der Waals surface area contributed by atoms with Crippen LogP contribution in [0.2, 0.25) is 0 Å². The van der Waals surface area contributed by atoms with Gasteiger partial charge in [-0.2, -0.15) is 0 Å². The fourth-order valence-electron chi connectivity index (χ4n) is 5.65. The zero-order chi connectivity index (χ0) is 31.0. The molecule has 0 saturated heterocycles. The van der Waals surface area contributed by atoms with Crippen LogP contribution in [-0.2, 0) is 24.5 Å². The fourth-order valence-corrected chi connectivity index (χ4v) is 5.65. The number of carboxylic acids is 1. The van der Waals surface area contributed by atoms with Gasteiger partial charge in [-0.3, -0.25) is 9.59 Å². The number of hydrogen-bond acceptors (Lipinski definition) is 6. The van der Waals surface area contributed by atoms with Crippen molar-refractivity contribution < 1.29 is 33.7 Å². The molecule has 1 aliphatic carbocycles. The predicted octanol–water partition coefficient (Wildman–Crippen LogP) is 7.74. The highest BCUT2D eigenvalue weighted by Gasteiger charge is 2.47. The van der Waals surface area contributed by atoms with E-state index in [1.807, 2.05) is 53.7 Å². The Bertz CT molecular complexity index is 1190. The van der Waals surface area contributed by atoms with E-state index < -0.39 is 22.4 Å². The van der Waals surface area contributed by atoms with E-state index in [4.69, 9.17) is 14.2 Å². The third-order valence-electron chi connectivity index (χ3n) is 8.45. The minimum absolute atomic E-state index is 0.0523. The maximum absolute atomic E-state index is 13.1. The predicted molar refractivity (Wildman–Crippen MR) is 159 cm³/mol. The van der Waals surface area contributed by atoms with Crippen LogP contribution in [0.3, 0.4) is 0 Å². The molecule has 0 unspecified atom stereocenters. The van der Waals surface area contributed by atoms with Crippen LogP contribution in [0, 0.1) is 16.7 Å². The first-order chi connectivity index (χ1) is 18.7. The van der Waals surface area contributed by atoms with Crippen LogP contribution < -0.4 is 9.47 Å². The first kappa shape index (κ1) is 32.7. The van der Waals surface area contributed by atoms with Gasteiger partial charge in [0.15, 0.2) is 0 Å². The van der Waals surface area contributed by atoms with Gasteiger partial charge in [0.1, 0.15) is 17.1 Å². The lowest BCUT2D eigenvalue weighted by atomic mass is 9.66. The second-order valence-corrected chi connectivity index (χ2v) is 15.0. The van der Waals surface area contributed by atoms with Crippen LogP contribution in [-0.4, -0.2) is 35.2 Å². The highest BCUT2D eigenvalue weighted by molar-refractivity contribution is 5.87. The van der Waals surface area contributed by atoms with Crippen molar-refractivity contribution in [1.82, 2.24) is 0 Å². The van der Waals surface area contributed by atoms with Crippen molar-refractivity contribution in [3.8, 4) is 11.5 Å². The maximum atomic E-state index is 13.1. The fraction of sp³-hybridized carbons (Fsp3) is 0.676. The maximum Gasteiger partial charge on any atom is 0.331 e. The first-order valence-electron chi connectivity index (χ1n) is 14.9. The van der Waals surface area contributed by atoms with E-state index in [0.717, 1.165) is 36.8 Å². The number of rotatable bonds is 9. The third kappa shape index (κ3) is 7.72. The summed E-state index contributed by atoms with van der Waals surface area (Å²) in [5.41, 5.74) is 0.218. The van der Waals surface area contributed by atoms with E-state index in [1.54, 1.807) is 0 Å². The molecule has 1 aromatic carbocycles. The molecule has 1 heterocycles. The summed E-state index contributed by atoms with van der Waals surface area (Å²) < 4.78 is 18.1. The van der Waals surface area contributed by atoms with Crippen LogP contribution in [0.5, 0.6) is 11.5 Å². The number of esters is 2. The molecular weight excluding hydrogens is 520 g/mol. The van der Waals surface area contributed by atoms with E-state index in [1.165, 1.54) is 0 Å². The molecule has 41 heavy (non-hydrogen) atoms. The molecule has 1 N–H and O–H groups in total. The number of carboxylic acid groups (broad SMARTS) is 1. The lowest BCUT2D eigenvalue weighted by molar-refractivity contribution is -0.153. The average molecular weight is 571 g/mol. The molecule has 7 heteroatoms. The molecule has 228 valence electrons. The van der Waals surface area contributed by atoms with E-state index in [9.17, 15) is 19.5 Å². The zero-order valence-electron chi connectivity index (χ0n) is 26.7. The molecule has 2 atom stereocenters. The summed E-state index contributed by atoms with van der Waals surface area (Å²) in [6.07, 6.45) is 6.31. The largest absolute Gasteiger partial charge is 0.487 e. The Labute approximate surface area is 246 Å². The van der Waals surface area contributed by atoms with E-state index in [-0.39, 0.29) is 29.2 Å². The Morgan fingerprint density at radius 1 is 0.951 bits per heavy atom. The minimum Gasteiger partial charge on any atom is -0.487 e. The smallest absolute Gasteiger partial charge is 0.331 e. The van der Waals surface area contributed by atoms with Gasteiger partial charge in [-0.1, -0.05) is 32.8 Å². The van der Waals surface area contributed by atoms with Gasteiger partial charge in [-0.25, -0.2) is 4.79 Å². The average Bonchev–Trinajstić information content (AvgIpc) is 2.83. The Morgan fingerprint density at radius 2 is 1.59 bits per heavy atom. The van der Waals surface area contributed by atoms with Crippen molar-refractivity contribution in [2.75, 3.05) is 6.61 Å². The lowest BCUT2D eigenvalue weighted by Gasteiger charge is -2.47. The van der Waals surface area contributed by atoms with E-state index in [0.29, 0.717) is 36.5 Å². The second-order valence-electron chi connectivity index (χ2n) is 15.0. The zero-order valence-corrected chi connectivity index (χ0v) is 26.7. The molecule has 1 aliphatic heterocycles. The van der Waals surface area contributed by atoms with Gasteiger partial charge >= 0.3 is 17.9 Å². The molecule has 0 spiro atoms. The van der Waals surface area contributed by atoms with E-state index >= 15 is 0 Å². The summed E-state index contributed by atoms with van der Waals surface area (Å²) in [5.74, 6) is -0.384. The van der Waals surface area contributed by atoms with Crippen molar-refractivity contribution in [2.45, 2.75) is 125 Å². The topological polar surface area (TPSA) is 99.1 Å². The van der Waals surface area contributed by atoms with Crippen molar-refractivity contribution in [2.24, 2.45) is 16.7 Å². The number of ether oxygens (including phenoxy) is 3. The summed E-state index contributed by atoms with van der Waals surface area (Å²) >= 11 is 0. The quantitative estimate of drug-likeness (QED) is 0.184. The molecule has 0 aromatic heterocycles. The Kier molecular flexibility index (Phi) is 9.41. The van der Waals surface area contributed by atoms with Crippen molar-refractivity contribution >= 4 is 17.9 Å². The summed E-state index contributed by atoms with van der Waals surface area (Å²) in [4.78, 5) is 37.0. The highest BCUT2D eigenvalue weighted by Crippen LogP contribution is 2.55. The van der Waals surface area contributed by atoms with Gasteiger partial charge in [0.05, 0.1) is 17.4 Å². The molecule has 3 rings (SSSR count). The van der Waals surface area contributed by atoms with Crippen LogP contribution in [0.15, 0.2) is 23.8 Å². The van der Waals surface area contributed by atoms with Gasteiger partial charge in [0.25, 0.3) is 0 Å². The Balaban J connectivity index is 1.89. The number of fused-ring (bicyclic) bond motifs is 3. The van der Waals surface area contributed by atoms with E-state index in [2.05, 4.69) is 33.8 Å². The van der Waals surface area contributed by atoms with Gasteiger partial charge in [-0.05, 0) is 104 Å². The molecule has 0 radical (unpaired) electrons. The Morgan fingerprint density at radius 3 is 2.17 bits per heavy atom. The number of carbonyl (C=O) groups excluding carboxylic acids is 2. The molecular formula is C34H50O7. The van der Waals surface area contributed by atoms with Gasteiger partial charge < -0.3 is 19.3 Å². The van der Waals surface area contributed by atoms with Gasteiger partial charge in [-0.15, -0.1) is 0 Å². The van der Waals surface area contributed by atoms with Crippen molar-refractivity contribution in [3.05, 3.63) is 34.9 Å². The van der Waals surface area contributed by atoms with Crippen LogP contribution >= 0.6 is 0 Å². The highest BCUT2D eigenvalue weighted by atomic mass is 16.5. The number of aliphatic carboxylic acids is 1. The molecule has 0 bridgehead atoms. The second kappa shape index (κ2) is 11.8. The van der Waals surface area contributed by atoms with Crippen LogP contribution in [0.4, 0.5) is 0 Å². The number of carbonyl (C=O) groups is 3. The number of unbranched alkanes of at least 4 members (excludes halogenated alkanes) is 2. The normalized spacial score (nSPS) is 20.2. The van der Waals surface area contributed by atoms with Crippen molar-refractivity contribution in [1.29, 1.82) is 0 Å². The molecule has 2 aliphatic rings. The summed E-state index contributed by atoms with van der Waals surface area (Å²) in [5, 5.41) is 9.77. The summed E-state index contributed by atoms with van der Waals surface area (Å²) in [6.45, 7) is 19.9. The van der Waals surface area contributed by atoms with Crippen LogP contribution in [0.1, 0.15) is 125 Å². The molecule has 0 fully saturated rings. The summed E-state index contributed by atoms with van der Waals surface area (Å²) in [7, 11) is 0. The monoisotopic (exact) mass is 570 g/mol. The number of benzene rings is 1.